The summed E-state index contributed by atoms with van der Waals surface area (Å²) in [6.45, 7) is 6.77. The molecule has 0 bridgehead atoms. The van der Waals surface area contributed by atoms with Crippen molar-refractivity contribution in [3.8, 4) is 5.75 Å². The summed E-state index contributed by atoms with van der Waals surface area (Å²) >= 11 is 0. The Balaban J connectivity index is 0.851. The lowest BCUT2D eigenvalue weighted by atomic mass is 9.94. The molecular formula is C40H50N12O5. The maximum atomic E-state index is 13.2. The number of nitrogens with zero attached hydrogens (tertiary/aromatic N) is 8. The molecule has 17 nitrogen and oxygen atoms in total. The molecule has 6 heterocycles. The molecule has 4 amide bonds. The fourth-order valence-electron chi connectivity index (χ4n) is 8.57. The van der Waals surface area contributed by atoms with Crippen molar-refractivity contribution in [3.63, 3.8) is 0 Å². The van der Waals surface area contributed by atoms with Crippen molar-refractivity contribution in [1.82, 2.24) is 40.5 Å². The number of benzene rings is 2. The molecule has 4 aliphatic rings. The summed E-state index contributed by atoms with van der Waals surface area (Å²) in [6.07, 6.45) is 11.5. The van der Waals surface area contributed by atoms with E-state index in [2.05, 4.69) is 62.8 Å². The minimum absolute atomic E-state index is 0.0175. The van der Waals surface area contributed by atoms with Crippen LogP contribution in [-0.4, -0.2) is 112 Å². The van der Waals surface area contributed by atoms with Gasteiger partial charge in [0.15, 0.2) is 5.69 Å². The highest BCUT2D eigenvalue weighted by atomic mass is 16.5. The number of carbonyl (C=O) groups is 4. The Bertz CT molecular complexity index is 2120. The van der Waals surface area contributed by atoms with Gasteiger partial charge in [0.2, 0.25) is 17.8 Å². The fourth-order valence-corrected chi connectivity index (χ4v) is 8.57. The SMILES string of the molecule is COc1cc(N2CCC(CN3CCC(n4cc5cc(NC(=O)c6cnc(N)nn6)c(N6CCCCC6)cc5n4)CC3)CC2)ccc1C(=O)N[C@H]1CCC(=O)NC1=O. The first-order chi connectivity index (χ1) is 27.7. The summed E-state index contributed by atoms with van der Waals surface area (Å²) in [4.78, 5) is 61.0. The number of methoxy groups -OCH3 is 1. The van der Waals surface area contributed by atoms with Gasteiger partial charge in [-0.2, -0.15) is 5.10 Å². The molecule has 17 heteroatoms. The van der Waals surface area contributed by atoms with Crippen molar-refractivity contribution >= 4 is 57.5 Å². The van der Waals surface area contributed by atoms with Crippen LogP contribution in [0.15, 0.2) is 42.7 Å². The second kappa shape index (κ2) is 16.7. The number of rotatable bonds is 10. The number of hydrogen-bond acceptors (Lipinski definition) is 13. The molecule has 0 aliphatic carbocycles. The lowest BCUT2D eigenvalue weighted by molar-refractivity contribution is -0.134. The van der Waals surface area contributed by atoms with Crippen LogP contribution >= 0.6 is 0 Å². The number of nitrogen functional groups attached to an aromatic ring is 1. The van der Waals surface area contributed by atoms with Crippen molar-refractivity contribution in [3.05, 3.63) is 54.0 Å². The first kappa shape index (κ1) is 38.1. The van der Waals surface area contributed by atoms with E-state index in [1.54, 1.807) is 6.07 Å². The smallest absolute Gasteiger partial charge is 0.277 e. The van der Waals surface area contributed by atoms with E-state index >= 15 is 0 Å². The van der Waals surface area contributed by atoms with Gasteiger partial charge in [0.05, 0.1) is 41.8 Å². The van der Waals surface area contributed by atoms with Crippen LogP contribution in [0.4, 0.5) is 23.0 Å². The number of carbonyl (C=O) groups excluding carboxylic acids is 4. The minimum atomic E-state index is -0.749. The highest BCUT2D eigenvalue weighted by Gasteiger charge is 2.30. The van der Waals surface area contributed by atoms with E-state index < -0.39 is 17.9 Å². The van der Waals surface area contributed by atoms with Crippen LogP contribution in [-0.2, 0) is 9.59 Å². The molecule has 8 rings (SSSR count). The fraction of sp³-hybridized carbons (Fsp3) is 0.500. The molecule has 0 saturated carbocycles. The topological polar surface area (TPSA) is 206 Å². The number of aromatic nitrogens is 5. The number of nitrogens with one attached hydrogen (secondary N) is 3. The lowest BCUT2D eigenvalue weighted by Gasteiger charge is -2.38. The summed E-state index contributed by atoms with van der Waals surface area (Å²) in [7, 11) is 1.54. The number of hydrogen-bond donors (Lipinski definition) is 4. The Hall–Kier alpha value is -5.84. The first-order valence-corrected chi connectivity index (χ1v) is 20.0. The number of ether oxygens (including phenoxy) is 1. The highest BCUT2D eigenvalue weighted by molar-refractivity contribution is 6.06. The molecular weight excluding hydrogens is 729 g/mol. The number of imide groups is 1. The monoisotopic (exact) mass is 778 g/mol. The van der Waals surface area contributed by atoms with Crippen LogP contribution in [0, 0.1) is 5.92 Å². The predicted octanol–water partition coefficient (Wildman–Crippen LogP) is 3.14. The summed E-state index contributed by atoms with van der Waals surface area (Å²) in [5.74, 6) is -0.535. The average molecular weight is 779 g/mol. The third kappa shape index (κ3) is 8.62. The Morgan fingerprint density at radius 2 is 1.70 bits per heavy atom. The average Bonchev–Trinajstić information content (AvgIpc) is 3.65. The van der Waals surface area contributed by atoms with E-state index in [1.165, 1.54) is 19.7 Å². The van der Waals surface area contributed by atoms with Gasteiger partial charge in [0.1, 0.15) is 11.8 Å². The van der Waals surface area contributed by atoms with Crippen LogP contribution < -0.4 is 36.2 Å². The van der Waals surface area contributed by atoms with E-state index in [0.717, 1.165) is 112 Å². The van der Waals surface area contributed by atoms with Crippen molar-refractivity contribution < 1.29 is 23.9 Å². The zero-order valence-electron chi connectivity index (χ0n) is 32.3. The molecule has 0 spiro atoms. The molecule has 2 aromatic heterocycles. The maximum Gasteiger partial charge on any atom is 0.277 e. The normalized spacial score (nSPS) is 20.1. The molecule has 5 N–H and O–H groups in total. The Morgan fingerprint density at radius 1 is 0.912 bits per heavy atom. The summed E-state index contributed by atoms with van der Waals surface area (Å²) in [5, 5.41) is 21.8. The summed E-state index contributed by atoms with van der Waals surface area (Å²) in [6, 6.07) is 9.25. The van der Waals surface area contributed by atoms with Gasteiger partial charge >= 0.3 is 0 Å². The molecule has 4 aromatic rings. The molecule has 300 valence electrons. The van der Waals surface area contributed by atoms with Gasteiger partial charge in [-0.1, -0.05) is 0 Å². The van der Waals surface area contributed by atoms with Crippen LogP contribution in [0.25, 0.3) is 10.9 Å². The Kier molecular flexibility index (Phi) is 11.2. The minimum Gasteiger partial charge on any atom is -0.496 e. The zero-order valence-corrected chi connectivity index (χ0v) is 32.3. The van der Waals surface area contributed by atoms with Crippen molar-refractivity contribution in [1.29, 1.82) is 0 Å². The molecule has 0 unspecified atom stereocenters. The van der Waals surface area contributed by atoms with Crippen molar-refractivity contribution in [2.45, 2.75) is 69.9 Å². The predicted molar refractivity (Wildman–Crippen MR) is 214 cm³/mol. The van der Waals surface area contributed by atoms with Gasteiger partial charge in [-0.05, 0) is 81.5 Å². The van der Waals surface area contributed by atoms with Gasteiger partial charge in [0, 0.05) is 75.6 Å². The number of likely N-dealkylation sites (tertiary alicyclic amines) is 1. The van der Waals surface area contributed by atoms with Gasteiger partial charge in [-0.15, -0.1) is 10.2 Å². The van der Waals surface area contributed by atoms with Gasteiger partial charge in [-0.25, -0.2) is 4.98 Å². The number of anilines is 4. The molecule has 57 heavy (non-hydrogen) atoms. The highest BCUT2D eigenvalue weighted by Crippen LogP contribution is 2.35. The van der Waals surface area contributed by atoms with E-state index in [-0.39, 0.29) is 36.3 Å². The zero-order chi connectivity index (χ0) is 39.5. The number of nitrogens with two attached hydrogens (primary N) is 1. The molecule has 4 fully saturated rings. The number of fused-ring (bicyclic) bond motifs is 1. The molecule has 4 aliphatic heterocycles. The third-order valence-electron chi connectivity index (χ3n) is 11.8. The quantitative estimate of drug-likeness (QED) is 0.171. The largest absolute Gasteiger partial charge is 0.496 e. The van der Waals surface area contributed by atoms with Crippen molar-refractivity contribution in [2.75, 3.05) is 73.8 Å². The van der Waals surface area contributed by atoms with Crippen molar-refractivity contribution in [2.24, 2.45) is 5.92 Å². The maximum absolute atomic E-state index is 13.2. The van der Waals surface area contributed by atoms with Crippen LogP contribution in [0.2, 0.25) is 0 Å². The second-order valence-corrected chi connectivity index (χ2v) is 15.6. The molecule has 1 atom stereocenters. The van der Waals surface area contributed by atoms with Gasteiger partial charge in [-0.3, -0.25) is 29.2 Å². The van der Waals surface area contributed by atoms with Gasteiger partial charge in [0.25, 0.3) is 11.8 Å². The standard InChI is InChI=1S/C40H50N12O5/c1-57-35-20-28(5-6-29(35)37(54)43-30-7-8-36(53)45-38(30)55)50-17-9-25(10-18-50)23-49-15-11-27(12-16-49)52-24-26-19-32(44-39(56)33-22-42-40(41)47-46-33)34(21-31(26)48-52)51-13-3-2-4-14-51/h5-6,19-22,24-25,27,30H,2-4,7-18,23H2,1H3,(H,43,54)(H,44,56)(H2,41,42,47)(H,45,53,55)/t30-/m0/s1. The van der Waals surface area contributed by atoms with Crippen LogP contribution in [0.5, 0.6) is 5.75 Å². The second-order valence-electron chi connectivity index (χ2n) is 15.6. The molecule has 4 saturated heterocycles. The Morgan fingerprint density at radius 3 is 2.42 bits per heavy atom. The van der Waals surface area contributed by atoms with Crippen LogP contribution in [0.1, 0.15) is 84.7 Å². The van der Waals surface area contributed by atoms with E-state index in [4.69, 9.17) is 15.6 Å². The first-order valence-electron chi connectivity index (χ1n) is 20.0. The summed E-state index contributed by atoms with van der Waals surface area (Å²) in [5.41, 5.74) is 9.64. The van der Waals surface area contributed by atoms with Crippen LogP contribution in [0.3, 0.4) is 0 Å². The molecule has 0 radical (unpaired) electrons. The van der Waals surface area contributed by atoms with E-state index in [0.29, 0.717) is 23.3 Å². The summed E-state index contributed by atoms with van der Waals surface area (Å²) < 4.78 is 7.72. The van der Waals surface area contributed by atoms with E-state index in [9.17, 15) is 19.2 Å². The molecule has 2 aromatic carbocycles. The van der Waals surface area contributed by atoms with E-state index in [1.807, 2.05) is 18.2 Å². The number of amides is 4. The lowest BCUT2D eigenvalue weighted by Crippen LogP contribution is -2.52. The Labute approximate surface area is 330 Å². The third-order valence-corrected chi connectivity index (χ3v) is 11.8. The number of piperidine rings is 4. The van der Waals surface area contributed by atoms with Gasteiger partial charge < -0.3 is 35.8 Å².